The molecule has 1 heterocycles. The van der Waals surface area contributed by atoms with Crippen molar-refractivity contribution in [2.75, 3.05) is 14.1 Å². The molecule has 1 unspecified atom stereocenters. The number of carboxylic acids is 1. The van der Waals surface area contributed by atoms with Gasteiger partial charge in [0, 0.05) is 18.0 Å². The number of carboxylic acid groups (broad SMARTS) is 1. The molecular weight excluding hydrogens is 290 g/mol. The minimum Gasteiger partial charge on any atom is -0.486 e. The van der Waals surface area contributed by atoms with Gasteiger partial charge in [0.2, 0.25) is 0 Å². The third-order valence-corrected chi connectivity index (χ3v) is 5.89. The fourth-order valence-corrected chi connectivity index (χ4v) is 4.34. The molecule has 23 heavy (non-hydrogen) atoms. The van der Waals surface area contributed by atoms with Gasteiger partial charge in [0.05, 0.1) is 5.56 Å². The largest absolute Gasteiger partial charge is 0.486 e. The lowest BCUT2D eigenvalue weighted by Crippen LogP contribution is -2.44. The Hall–Kier alpha value is -1.55. The van der Waals surface area contributed by atoms with Gasteiger partial charge in [0.25, 0.3) is 0 Å². The molecule has 0 saturated heterocycles. The molecule has 126 valence electrons. The summed E-state index contributed by atoms with van der Waals surface area (Å²) < 4.78 is 6.37. The molecular formula is C19H27NO3. The van der Waals surface area contributed by atoms with Crippen LogP contribution in [-0.4, -0.2) is 41.7 Å². The first kappa shape index (κ1) is 16.3. The van der Waals surface area contributed by atoms with Gasteiger partial charge >= 0.3 is 5.97 Å². The summed E-state index contributed by atoms with van der Waals surface area (Å²) in [5.41, 5.74) is 2.08. The number of hydrogen-bond acceptors (Lipinski definition) is 3. The number of ether oxygens (including phenoxy) is 1. The third kappa shape index (κ3) is 2.85. The van der Waals surface area contributed by atoms with E-state index in [1.165, 1.54) is 25.7 Å². The second-order valence-electron chi connectivity index (χ2n) is 7.59. The maximum Gasteiger partial charge on any atom is 0.336 e. The number of aromatic carboxylic acids is 1. The average Bonchev–Trinajstić information content (AvgIpc) is 2.86. The van der Waals surface area contributed by atoms with Crippen molar-refractivity contribution < 1.29 is 14.6 Å². The first-order valence-corrected chi connectivity index (χ1v) is 8.53. The minimum absolute atomic E-state index is 0.193. The van der Waals surface area contributed by atoms with Crippen LogP contribution in [0.2, 0.25) is 0 Å². The second kappa shape index (κ2) is 5.82. The van der Waals surface area contributed by atoms with Crippen molar-refractivity contribution in [3.63, 3.8) is 0 Å². The minimum atomic E-state index is -0.881. The smallest absolute Gasteiger partial charge is 0.336 e. The highest BCUT2D eigenvalue weighted by Gasteiger charge is 2.44. The van der Waals surface area contributed by atoms with Crippen molar-refractivity contribution in [1.82, 2.24) is 4.90 Å². The molecule has 1 fully saturated rings. The van der Waals surface area contributed by atoms with Crippen LogP contribution in [0.3, 0.4) is 0 Å². The first-order valence-electron chi connectivity index (χ1n) is 8.53. The topological polar surface area (TPSA) is 49.8 Å². The van der Waals surface area contributed by atoms with Gasteiger partial charge in [-0.15, -0.1) is 0 Å². The molecule has 1 atom stereocenters. The van der Waals surface area contributed by atoms with Crippen LogP contribution in [0.25, 0.3) is 0 Å². The summed E-state index contributed by atoms with van der Waals surface area (Å²) in [4.78, 5) is 13.6. The van der Waals surface area contributed by atoms with Crippen LogP contribution in [0.5, 0.6) is 5.75 Å². The molecule has 0 spiro atoms. The molecule has 1 aromatic carbocycles. The van der Waals surface area contributed by atoms with E-state index in [-0.39, 0.29) is 5.60 Å². The zero-order valence-corrected chi connectivity index (χ0v) is 14.6. The van der Waals surface area contributed by atoms with E-state index in [1.54, 1.807) is 6.07 Å². The van der Waals surface area contributed by atoms with Crippen molar-refractivity contribution in [3.8, 4) is 5.75 Å². The van der Waals surface area contributed by atoms with E-state index in [1.807, 2.05) is 13.0 Å². The van der Waals surface area contributed by atoms with Gasteiger partial charge in [-0.25, -0.2) is 4.79 Å². The molecule has 0 aromatic heterocycles. The number of rotatable bonds is 3. The quantitative estimate of drug-likeness (QED) is 0.927. The summed E-state index contributed by atoms with van der Waals surface area (Å²) in [7, 11) is 4.32. The maximum atomic E-state index is 11.3. The Kier molecular flexibility index (Phi) is 4.13. The van der Waals surface area contributed by atoms with Gasteiger partial charge in [-0.1, -0.05) is 6.07 Å². The molecule has 3 rings (SSSR count). The standard InChI is InChI=1S/C19H27NO3/c1-12-16(18(21)22)10-5-13-11-19(2,23-17(12)13)14-6-8-15(9-7-14)20(3)4/h5,10,14-15H,6-9,11H2,1-4H3,(H,21,22). The first-order chi connectivity index (χ1) is 10.8. The van der Waals surface area contributed by atoms with Crippen molar-refractivity contribution in [2.24, 2.45) is 5.92 Å². The summed E-state index contributed by atoms with van der Waals surface area (Å²) in [6.45, 7) is 4.06. The van der Waals surface area contributed by atoms with Gasteiger partial charge in [0.1, 0.15) is 11.4 Å². The third-order valence-electron chi connectivity index (χ3n) is 5.89. The molecule has 0 amide bonds. The van der Waals surface area contributed by atoms with Gasteiger partial charge < -0.3 is 14.7 Å². The Labute approximate surface area is 138 Å². The lowest BCUT2D eigenvalue weighted by molar-refractivity contribution is 0.0157. The number of hydrogen-bond donors (Lipinski definition) is 1. The fraction of sp³-hybridized carbons (Fsp3) is 0.632. The summed E-state index contributed by atoms with van der Waals surface area (Å²) in [5.74, 6) is 0.468. The predicted molar refractivity (Wildman–Crippen MR) is 90.3 cm³/mol. The van der Waals surface area contributed by atoms with Gasteiger partial charge in [-0.3, -0.25) is 0 Å². The molecule has 4 nitrogen and oxygen atoms in total. The van der Waals surface area contributed by atoms with Gasteiger partial charge in [0.15, 0.2) is 0 Å². The van der Waals surface area contributed by atoms with Crippen LogP contribution in [0.1, 0.15) is 54.1 Å². The zero-order valence-electron chi connectivity index (χ0n) is 14.6. The van der Waals surface area contributed by atoms with E-state index < -0.39 is 5.97 Å². The van der Waals surface area contributed by atoms with Crippen LogP contribution in [-0.2, 0) is 6.42 Å². The highest BCUT2D eigenvalue weighted by atomic mass is 16.5. The molecule has 1 aliphatic carbocycles. The van der Waals surface area contributed by atoms with E-state index in [0.717, 1.165) is 23.3 Å². The normalized spacial score (nSPS) is 30.1. The molecule has 4 heteroatoms. The number of benzene rings is 1. The van der Waals surface area contributed by atoms with E-state index in [0.29, 0.717) is 17.5 Å². The SMILES string of the molecule is Cc1c(C(=O)O)ccc2c1OC(C)(C1CCC(N(C)C)CC1)C2. The summed E-state index contributed by atoms with van der Waals surface area (Å²) in [6.07, 6.45) is 5.68. The Bertz CT molecular complexity index is 617. The molecule has 1 aliphatic heterocycles. The second-order valence-corrected chi connectivity index (χ2v) is 7.59. The monoisotopic (exact) mass is 317 g/mol. The van der Waals surface area contributed by atoms with Crippen molar-refractivity contribution in [2.45, 2.75) is 57.6 Å². The molecule has 0 radical (unpaired) electrons. The lowest BCUT2D eigenvalue weighted by atomic mass is 9.74. The molecule has 2 aliphatic rings. The van der Waals surface area contributed by atoms with Crippen LogP contribution in [0.15, 0.2) is 12.1 Å². The summed E-state index contributed by atoms with van der Waals surface area (Å²) >= 11 is 0. The molecule has 1 aromatic rings. The van der Waals surface area contributed by atoms with Crippen LogP contribution < -0.4 is 4.74 Å². The van der Waals surface area contributed by atoms with Crippen LogP contribution in [0, 0.1) is 12.8 Å². The van der Waals surface area contributed by atoms with E-state index in [9.17, 15) is 9.90 Å². The Morgan fingerprint density at radius 2 is 1.91 bits per heavy atom. The highest BCUT2D eigenvalue weighted by Crippen LogP contribution is 2.46. The van der Waals surface area contributed by atoms with Crippen molar-refractivity contribution >= 4 is 5.97 Å². The number of carbonyl (C=O) groups is 1. The molecule has 0 bridgehead atoms. The van der Waals surface area contributed by atoms with Crippen molar-refractivity contribution in [3.05, 3.63) is 28.8 Å². The maximum absolute atomic E-state index is 11.3. The van der Waals surface area contributed by atoms with E-state index in [4.69, 9.17) is 4.74 Å². The Morgan fingerprint density at radius 3 is 2.48 bits per heavy atom. The number of nitrogens with zero attached hydrogens (tertiary/aromatic N) is 1. The highest BCUT2D eigenvalue weighted by molar-refractivity contribution is 5.90. The average molecular weight is 317 g/mol. The fourth-order valence-electron chi connectivity index (χ4n) is 4.34. The van der Waals surface area contributed by atoms with Gasteiger partial charge in [-0.2, -0.15) is 0 Å². The number of fused-ring (bicyclic) bond motifs is 1. The molecule has 1 saturated carbocycles. The summed E-state index contributed by atoms with van der Waals surface area (Å²) in [5, 5.41) is 9.30. The molecule has 1 N–H and O–H groups in total. The predicted octanol–water partition coefficient (Wildman–Crippen LogP) is 3.51. The van der Waals surface area contributed by atoms with Crippen LogP contribution >= 0.6 is 0 Å². The van der Waals surface area contributed by atoms with Crippen molar-refractivity contribution in [1.29, 1.82) is 0 Å². The lowest BCUT2D eigenvalue weighted by Gasteiger charge is -2.40. The van der Waals surface area contributed by atoms with E-state index in [2.05, 4.69) is 25.9 Å². The van der Waals surface area contributed by atoms with E-state index >= 15 is 0 Å². The summed E-state index contributed by atoms with van der Waals surface area (Å²) in [6, 6.07) is 4.33. The Balaban J connectivity index is 1.78. The Morgan fingerprint density at radius 1 is 1.26 bits per heavy atom. The zero-order chi connectivity index (χ0) is 16.8. The van der Waals surface area contributed by atoms with Gasteiger partial charge in [-0.05, 0) is 71.2 Å². The van der Waals surface area contributed by atoms with Crippen LogP contribution in [0.4, 0.5) is 0 Å².